The number of nitrogens with zero attached hydrogens (tertiary/aromatic N) is 2. The molecule has 0 aliphatic heterocycles. The summed E-state index contributed by atoms with van der Waals surface area (Å²) < 4.78 is 5.23. The van der Waals surface area contributed by atoms with E-state index in [1.807, 2.05) is 0 Å². The van der Waals surface area contributed by atoms with Gasteiger partial charge in [0.15, 0.2) is 0 Å². The Bertz CT molecular complexity index is 160. The van der Waals surface area contributed by atoms with E-state index in [9.17, 15) is 0 Å². The summed E-state index contributed by atoms with van der Waals surface area (Å²) in [5.74, 6) is 0. The molecule has 0 N–H and O–H groups in total. The maximum atomic E-state index is 2.62. The molecule has 0 fully saturated rings. The third-order valence-corrected chi connectivity index (χ3v) is 9.70. The van der Waals surface area contributed by atoms with E-state index in [0.29, 0.717) is 0 Å². The third kappa shape index (κ3) is 3.65. The van der Waals surface area contributed by atoms with E-state index in [1.165, 1.54) is 26.2 Å². The predicted molar refractivity (Wildman–Crippen MR) is 64.4 cm³/mol. The molecule has 0 rings (SSSR count). The van der Waals surface area contributed by atoms with Gasteiger partial charge in [0.25, 0.3) is 0 Å². The first-order valence-electron chi connectivity index (χ1n) is 5.12. The van der Waals surface area contributed by atoms with E-state index in [-0.39, 0.29) is 0 Å². The van der Waals surface area contributed by atoms with Crippen molar-refractivity contribution in [2.24, 2.45) is 0 Å². The summed E-state index contributed by atoms with van der Waals surface area (Å²) in [4.78, 5) is -0.986. The fraction of sp³-hybridized carbons (Fsp3) is 1.00. The van der Waals surface area contributed by atoms with Crippen LogP contribution in [0.5, 0.6) is 0 Å². The van der Waals surface area contributed by atoms with E-state index in [4.69, 9.17) is 0 Å². The molecule has 0 amide bonds. The number of rotatable bonds is 6. The molecule has 0 aromatic rings. The van der Waals surface area contributed by atoms with Gasteiger partial charge in [-0.15, -0.1) is 0 Å². The molecule has 0 aliphatic rings. The van der Waals surface area contributed by atoms with Gasteiger partial charge < -0.3 is 0 Å². The van der Waals surface area contributed by atoms with Crippen molar-refractivity contribution in [3.63, 3.8) is 0 Å². The topological polar surface area (TPSA) is 6.48 Å². The van der Waals surface area contributed by atoms with Gasteiger partial charge in [-0.25, -0.2) is 0 Å². The van der Waals surface area contributed by atoms with Crippen LogP contribution in [-0.2, 0) is 0 Å². The zero-order chi connectivity index (χ0) is 10.5. The van der Waals surface area contributed by atoms with Crippen molar-refractivity contribution in [1.29, 1.82) is 0 Å². The summed E-state index contributed by atoms with van der Waals surface area (Å²) in [5.41, 5.74) is 0. The van der Waals surface area contributed by atoms with Crippen LogP contribution < -0.4 is 0 Å². The van der Waals surface area contributed by atoms with Gasteiger partial charge >= 0.3 is 95.9 Å². The molecule has 0 radical (unpaired) electrons. The van der Waals surface area contributed by atoms with Crippen LogP contribution in [0.1, 0.15) is 27.7 Å². The van der Waals surface area contributed by atoms with Crippen molar-refractivity contribution in [3.8, 4) is 0 Å². The Balaban J connectivity index is 4.59. The normalized spacial score (nSPS) is 12.8. The standard InChI is InChI=1S/C9H23N2PTe/c1-6-10(7-2)12(5,13)11(8-3)9-4/h6-9H2,1-5H3. The van der Waals surface area contributed by atoms with Crippen LogP contribution >= 0.6 is 4.79 Å². The quantitative estimate of drug-likeness (QED) is 0.547. The Morgan fingerprint density at radius 1 is 0.846 bits per heavy atom. The monoisotopic (exact) mass is 320 g/mol. The molecule has 0 heterocycles. The van der Waals surface area contributed by atoms with Crippen molar-refractivity contribution < 1.29 is 0 Å². The van der Waals surface area contributed by atoms with Gasteiger partial charge in [-0.1, -0.05) is 0 Å². The molecule has 0 unspecified atom stereocenters. The molecular formula is C9H23N2PTe. The van der Waals surface area contributed by atoms with Crippen molar-refractivity contribution >= 4 is 26.0 Å². The summed E-state index contributed by atoms with van der Waals surface area (Å²) in [7, 11) is 0. The Labute approximate surface area is 95.8 Å². The second-order valence-electron chi connectivity index (χ2n) is 3.11. The van der Waals surface area contributed by atoms with Crippen LogP contribution in [0.4, 0.5) is 0 Å². The molecule has 0 aromatic heterocycles. The van der Waals surface area contributed by atoms with E-state index in [2.05, 4.69) is 64.9 Å². The van der Waals surface area contributed by atoms with Gasteiger partial charge in [-0.3, -0.25) is 0 Å². The average molecular weight is 318 g/mol. The van der Waals surface area contributed by atoms with Crippen LogP contribution in [-0.4, -0.2) is 63.4 Å². The summed E-state index contributed by atoms with van der Waals surface area (Å²) in [6.07, 6.45) is 0. The van der Waals surface area contributed by atoms with Gasteiger partial charge in [-0.2, -0.15) is 0 Å². The van der Waals surface area contributed by atoms with Crippen LogP contribution in [0.15, 0.2) is 0 Å². The zero-order valence-corrected chi connectivity index (χ0v) is 12.8. The summed E-state index contributed by atoms with van der Waals surface area (Å²) in [6, 6.07) is 0. The van der Waals surface area contributed by atoms with Gasteiger partial charge in [0.2, 0.25) is 0 Å². The molecule has 13 heavy (non-hydrogen) atoms. The second kappa shape index (κ2) is 6.59. The SMILES string of the molecule is CCN(CC)P(C)(=[Te])N(CC)CC. The molecule has 0 aromatic carbocycles. The third-order valence-electron chi connectivity index (χ3n) is 2.51. The molecule has 0 atom stereocenters. The molecular weight excluding hydrogens is 295 g/mol. The first kappa shape index (κ1) is 14.1. The van der Waals surface area contributed by atoms with Crippen LogP contribution in [0, 0.1) is 0 Å². The predicted octanol–water partition coefficient (Wildman–Crippen LogP) is 2.23. The number of hydrogen-bond donors (Lipinski definition) is 0. The minimum atomic E-state index is -0.986. The molecule has 0 saturated carbocycles. The van der Waals surface area contributed by atoms with E-state index in [0.717, 1.165) is 0 Å². The molecule has 80 valence electrons. The maximum absolute atomic E-state index is 2.62. The Hall–Kier alpha value is 1.14. The van der Waals surface area contributed by atoms with E-state index in [1.54, 1.807) is 0 Å². The van der Waals surface area contributed by atoms with Gasteiger partial charge in [0.1, 0.15) is 0 Å². The first-order valence-corrected chi connectivity index (χ1v) is 10.3. The van der Waals surface area contributed by atoms with Crippen LogP contribution in [0.3, 0.4) is 0 Å². The van der Waals surface area contributed by atoms with Gasteiger partial charge in [0.05, 0.1) is 0 Å². The van der Waals surface area contributed by atoms with Crippen LogP contribution in [0.2, 0.25) is 0 Å². The van der Waals surface area contributed by atoms with Crippen molar-refractivity contribution in [2.45, 2.75) is 27.7 Å². The van der Waals surface area contributed by atoms with Crippen LogP contribution in [0.25, 0.3) is 0 Å². The van der Waals surface area contributed by atoms with Crippen molar-refractivity contribution in [1.82, 2.24) is 9.34 Å². The van der Waals surface area contributed by atoms with E-state index >= 15 is 0 Å². The second-order valence-corrected chi connectivity index (χ2v) is 11.8. The molecule has 0 aliphatic carbocycles. The summed E-state index contributed by atoms with van der Waals surface area (Å²) in [5, 5.41) is 0. The minimum absolute atomic E-state index is 0.986. The molecule has 4 heteroatoms. The Morgan fingerprint density at radius 2 is 1.08 bits per heavy atom. The van der Waals surface area contributed by atoms with E-state index < -0.39 is 4.79 Å². The fourth-order valence-corrected chi connectivity index (χ4v) is 8.09. The average Bonchev–Trinajstić information content (AvgIpc) is 2.07. The van der Waals surface area contributed by atoms with Crippen molar-refractivity contribution in [2.75, 3.05) is 32.8 Å². The zero-order valence-electron chi connectivity index (χ0n) is 9.58. The summed E-state index contributed by atoms with van der Waals surface area (Å²) in [6.45, 7) is 16.2. The Morgan fingerprint density at radius 3 is 1.23 bits per heavy atom. The van der Waals surface area contributed by atoms with Gasteiger partial charge in [0, 0.05) is 0 Å². The summed E-state index contributed by atoms with van der Waals surface area (Å²) >= 11 is 2.34. The molecule has 0 spiro atoms. The number of hydrogen-bond acceptors (Lipinski definition) is 2. The first-order chi connectivity index (χ1) is 6.04. The Kier molecular flexibility index (Phi) is 7.17. The molecule has 0 bridgehead atoms. The molecule has 0 saturated heterocycles. The fourth-order valence-electron chi connectivity index (χ4n) is 1.68. The molecule has 2 nitrogen and oxygen atoms in total. The van der Waals surface area contributed by atoms with Gasteiger partial charge in [-0.05, 0) is 0 Å². The van der Waals surface area contributed by atoms with Crippen molar-refractivity contribution in [3.05, 3.63) is 0 Å².